The average Bonchev–Trinajstić information content (AvgIpc) is 3.41. The van der Waals surface area contributed by atoms with Gasteiger partial charge in [-0.15, -0.1) is 0 Å². The molecular weight excluding hydrogens is 460 g/mol. The van der Waals surface area contributed by atoms with Crippen LogP contribution in [0.4, 0.5) is 0 Å². The van der Waals surface area contributed by atoms with Crippen LogP contribution in [0.5, 0.6) is 0 Å². The molecule has 37 heavy (non-hydrogen) atoms. The van der Waals surface area contributed by atoms with E-state index in [1.807, 2.05) is 0 Å². The lowest BCUT2D eigenvalue weighted by Crippen LogP contribution is -2.47. The SMILES string of the molecule is CC1CCC(C2CCCC3C2CC(C)C3[Si](C)(C)C2C(C)CC3C(C4CCC(C)CC4)CCCC32)CC1. The lowest BCUT2D eigenvalue weighted by atomic mass is 9.64. The fourth-order valence-corrected chi connectivity index (χ4v) is 20.3. The van der Waals surface area contributed by atoms with E-state index < -0.39 is 8.07 Å². The van der Waals surface area contributed by atoms with Gasteiger partial charge in [0.1, 0.15) is 0 Å². The Balaban J connectivity index is 1.20. The zero-order chi connectivity index (χ0) is 25.9. The fourth-order valence-electron chi connectivity index (χ4n) is 13.6. The van der Waals surface area contributed by atoms with Crippen LogP contribution in [0, 0.1) is 71.0 Å². The maximum absolute atomic E-state index is 2.96. The average molecular weight is 525 g/mol. The third-order valence-electron chi connectivity index (χ3n) is 14.8. The van der Waals surface area contributed by atoms with E-state index in [9.17, 15) is 0 Å². The molecule has 0 spiro atoms. The largest absolute Gasteiger partial charge is 0.0689 e. The lowest BCUT2D eigenvalue weighted by molar-refractivity contribution is 0.0857. The predicted molar refractivity (Wildman–Crippen MR) is 163 cm³/mol. The Bertz CT molecular complexity index is 693. The van der Waals surface area contributed by atoms with Gasteiger partial charge in [0.05, 0.1) is 8.07 Å². The minimum atomic E-state index is -1.36. The maximum atomic E-state index is 2.96. The van der Waals surface area contributed by atoms with Gasteiger partial charge in [-0.2, -0.15) is 0 Å². The molecule has 0 bridgehead atoms. The second kappa shape index (κ2) is 10.9. The van der Waals surface area contributed by atoms with Crippen molar-refractivity contribution >= 4 is 8.07 Å². The van der Waals surface area contributed by atoms with E-state index in [0.717, 1.165) is 82.1 Å². The lowest BCUT2D eigenvalue weighted by Gasteiger charge is -2.50. The molecule has 0 saturated heterocycles. The molecule has 6 rings (SSSR count). The van der Waals surface area contributed by atoms with Crippen molar-refractivity contribution in [3.8, 4) is 0 Å². The summed E-state index contributed by atoms with van der Waals surface area (Å²) in [4.78, 5) is 0. The van der Waals surface area contributed by atoms with Gasteiger partial charge >= 0.3 is 0 Å². The molecule has 0 heterocycles. The highest BCUT2D eigenvalue weighted by Gasteiger charge is 2.60. The van der Waals surface area contributed by atoms with Crippen LogP contribution in [0.15, 0.2) is 0 Å². The molecule has 0 aromatic heterocycles. The molecule has 6 fully saturated rings. The van der Waals surface area contributed by atoms with Crippen molar-refractivity contribution in [3.05, 3.63) is 0 Å². The normalized spacial score (nSPS) is 53.0. The summed E-state index contributed by atoms with van der Waals surface area (Å²) in [7, 11) is -1.36. The summed E-state index contributed by atoms with van der Waals surface area (Å²) < 4.78 is 0. The summed E-state index contributed by atoms with van der Waals surface area (Å²) in [5.74, 6) is 12.9. The van der Waals surface area contributed by atoms with Gasteiger partial charge < -0.3 is 0 Å². The van der Waals surface area contributed by atoms with Crippen molar-refractivity contribution in [2.75, 3.05) is 0 Å². The molecule has 10 atom stereocenters. The summed E-state index contributed by atoms with van der Waals surface area (Å²) in [6, 6.07) is 0. The molecule has 0 amide bonds. The number of hydrogen-bond donors (Lipinski definition) is 0. The molecule has 0 nitrogen and oxygen atoms in total. The van der Waals surface area contributed by atoms with Crippen LogP contribution >= 0.6 is 0 Å². The molecule has 0 aromatic rings. The van der Waals surface area contributed by atoms with Crippen LogP contribution in [0.2, 0.25) is 24.2 Å². The molecule has 0 aromatic carbocycles. The number of rotatable bonds is 4. The number of fused-ring (bicyclic) bond motifs is 2. The minimum Gasteiger partial charge on any atom is -0.0689 e. The first-order valence-corrected chi connectivity index (χ1v) is 20.9. The van der Waals surface area contributed by atoms with Crippen molar-refractivity contribution in [1.29, 1.82) is 0 Å². The first kappa shape index (κ1) is 27.4. The standard InChI is InChI=1S/C36H64Si/c1-23-13-17-27(18-14-23)29-9-7-11-31-33(29)21-25(3)35(31)37(5,6)36-26(4)22-34-30(10-8-12-32(34)36)28-19-15-24(2)16-20-28/h23-36H,7-22H2,1-6H3. The van der Waals surface area contributed by atoms with Crippen LogP contribution in [0.25, 0.3) is 0 Å². The van der Waals surface area contributed by atoms with E-state index >= 15 is 0 Å². The highest BCUT2D eigenvalue weighted by molar-refractivity contribution is 6.80. The Morgan fingerprint density at radius 3 is 1.14 bits per heavy atom. The monoisotopic (exact) mass is 524 g/mol. The van der Waals surface area contributed by atoms with Gasteiger partial charge in [-0.25, -0.2) is 0 Å². The second-order valence-electron chi connectivity index (χ2n) is 17.2. The van der Waals surface area contributed by atoms with Crippen LogP contribution in [0.1, 0.15) is 130 Å². The van der Waals surface area contributed by atoms with Crippen molar-refractivity contribution < 1.29 is 0 Å². The van der Waals surface area contributed by atoms with Gasteiger partial charge in [-0.05, 0) is 133 Å². The molecule has 1 heteroatoms. The first-order valence-electron chi connectivity index (χ1n) is 17.8. The smallest absolute Gasteiger partial charge is 0.0546 e. The first-order chi connectivity index (χ1) is 17.8. The predicted octanol–water partition coefficient (Wildman–Crippen LogP) is 11.2. The van der Waals surface area contributed by atoms with E-state index in [4.69, 9.17) is 0 Å². The highest BCUT2D eigenvalue weighted by Crippen LogP contribution is 2.67. The Morgan fingerprint density at radius 1 is 0.405 bits per heavy atom. The zero-order valence-corrected chi connectivity index (χ0v) is 26.9. The quantitative estimate of drug-likeness (QED) is 0.321. The van der Waals surface area contributed by atoms with Crippen molar-refractivity contribution in [3.63, 3.8) is 0 Å². The fraction of sp³-hybridized carbons (Fsp3) is 1.00. The topological polar surface area (TPSA) is 0 Å². The molecule has 0 radical (unpaired) electrons. The molecule has 0 N–H and O–H groups in total. The molecule has 212 valence electrons. The third-order valence-corrected chi connectivity index (χ3v) is 20.3. The van der Waals surface area contributed by atoms with Gasteiger partial charge in [0.15, 0.2) is 0 Å². The van der Waals surface area contributed by atoms with Crippen molar-refractivity contribution in [2.45, 2.75) is 155 Å². The van der Waals surface area contributed by atoms with Gasteiger partial charge in [0.25, 0.3) is 0 Å². The molecule has 10 unspecified atom stereocenters. The number of hydrogen-bond acceptors (Lipinski definition) is 0. The molecule has 0 aliphatic heterocycles. The Hall–Kier alpha value is 0.217. The molecule has 6 aliphatic carbocycles. The van der Waals surface area contributed by atoms with Crippen molar-refractivity contribution in [1.82, 2.24) is 0 Å². The highest BCUT2D eigenvalue weighted by atomic mass is 28.3. The van der Waals surface area contributed by atoms with Crippen molar-refractivity contribution in [2.24, 2.45) is 71.0 Å². The van der Waals surface area contributed by atoms with E-state index in [1.165, 1.54) is 25.7 Å². The van der Waals surface area contributed by atoms with E-state index in [-0.39, 0.29) is 0 Å². The van der Waals surface area contributed by atoms with Gasteiger partial charge in [-0.3, -0.25) is 0 Å². The van der Waals surface area contributed by atoms with E-state index in [2.05, 4.69) is 40.8 Å². The van der Waals surface area contributed by atoms with Crippen LogP contribution < -0.4 is 0 Å². The Morgan fingerprint density at radius 2 is 0.757 bits per heavy atom. The Kier molecular flexibility index (Phi) is 8.06. The molecule has 6 aliphatic rings. The second-order valence-corrected chi connectivity index (χ2v) is 22.2. The summed E-state index contributed by atoms with van der Waals surface area (Å²) in [6.07, 6.45) is 25.1. The van der Waals surface area contributed by atoms with Crippen LogP contribution in [-0.2, 0) is 0 Å². The van der Waals surface area contributed by atoms with E-state index in [1.54, 1.807) is 77.0 Å². The van der Waals surface area contributed by atoms with Gasteiger partial charge in [0, 0.05) is 0 Å². The summed E-state index contributed by atoms with van der Waals surface area (Å²) in [5, 5.41) is 0. The maximum Gasteiger partial charge on any atom is 0.0546 e. The zero-order valence-electron chi connectivity index (χ0n) is 25.9. The summed E-state index contributed by atoms with van der Waals surface area (Å²) in [5.41, 5.74) is 2.26. The summed E-state index contributed by atoms with van der Waals surface area (Å²) >= 11 is 0. The van der Waals surface area contributed by atoms with Gasteiger partial charge in [0.2, 0.25) is 0 Å². The van der Waals surface area contributed by atoms with Gasteiger partial charge in [-0.1, -0.05) is 92.2 Å². The molecular formula is C36H64Si. The molecule has 6 saturated carbocycles. The Labute approximate surface area is 233 Å². The van der Waals surface area contributed by atoms with Crippen LogP contribution in [-0.4, -0.2) is 8.07 Å². The summed E-state index contributed by atoms with van der Waals surface area (Å²) in [6.45, 7) is 16.4. The van der Waals surface area contributed by atoms with Crippen LogP contribution in [0.3, 0.4) is 0 Å². The third kappa shape index (κ3) is 4.99. The van der Waals surface area contributed by atoms with E-state index in [0.29, 0.717) is 0 Å². The minimum absolute atomic E-state index is 1.00.